The molecule has 0 fully saturated rings. The molecule has 0 radical (unpaired) electrons. The predicted molar refractivity (Wildman–Crippen MR) is 69.9 cm³/mol. The second-order valence-electron chi connectivity index (χ2n) is 3.89. The fourth-order valence-electron chi connectivity index (χ4n) is 1.86. The lowest BCUT2D eigenvalue weighted by Crippen LogP contribution is -1.96. The number of nitrogens with zero attached hydrogens (tertiary/aromatic N) is 3. The van der Waals surface area contributed by atoms with Crippen LogP contribution in [0.2, 0.25) is 5.15 Å². The summed E-state index contributed by atoms with van der Waals surface area (Å²) in [5, 5.41) is 4.39. The summed E-state index contributed by atoms with van der Waals surface area (Å²) in [6.07, 6.45) is 1.51. The van der Waals surface area contributed by atoms with E-state index < -0.39 is 0 Å². The lowest BCUT2D eigenvalue weighted by atomic mass is 10.1. The zero-order chi connectivity index (χ0) is 13.4. The highest BCUT2D eigenvalue weighted by Gasteiger charge is 2.13. The maximum atomic E-state index is 13.8. The number of ether oxygens (including phenoxy) is 1. The molecule has 2 aromatic heterocycles. The van der Waals surface area contributed by atoms with E-state index >= 15 is 0 Å². The highest BCUT2D eigenvalue weighted by molar-refractivity contribution is 6.30. The van der Waals surface area contributed by atoms with Crippen molar-refractivity contribution in [2.24, 2.45) is 0 Å². The van der Waals surface area contributed by atoms with Gasteiger partial charge in [0.2, 0.25) is 0 Å². The summed E-state index contributed by atoms with van der Waals surface area (Å²) in [4.78, 5) is 4.35. The Morgan fingerprint density at radius 3 is 2.84 bits per heavy atom. The Morgan fingerprint density at radius 1 is 1.32 bits per heavy atom. The summed E-state index contributed by atoms with van der Waals surface area (Å²) in [7, 11) is 1.52. The van der Waals surface area contributed by atoms with Gasteiger partial charge in [-0.25, -0.2) is 9.37 Å². The second kappa shape index (κ2) is 4.51. The molecule has 0 bridgehead atoms. The highest BCUT2D eigenvalue weighted by Crippen LogP contribution is 2.27. The Kier molecular flexibility index (Phi) is 2.83. The van der Waals surface area contributed by atoms with Gasteiger partial charge in [-0.2, -0.15) is 9.61 Å². The second-order valence-corrected chi connectivity index (χ2v) is 4.28. The molecule has 3 rings (SSSR count). The van der Waals surface area contributed by atoms with Gasteiger partial charge in [-0.15, -0.1) is 0 Å². The van der Waals surface area contributed by atoms with Gasteiger partial charge in [-0.3, -0.25) is 0 Å². The minimum atomic E-state index is -0.353. The van der Waals surface area contributed by atoms with E-state index in [9.17, 15) is 4.39 Å². The third-order valence-electron chi connectivity index (χ3n) is 2.77. The number of rotatable bonds is 2. The molecule has 0 aliphatic heterocycles. The van der Waals surface area contributed by atoms with Crippen LogP contribution in [0, 0.1) is 5.82 Å². The summed E-state index contributed by atoms with van der Waals surface area (Å²) in [6, 6.07) is 7.96. The summed E-state index contributed by atoms with van der Waals surface area (Å²) in [5.41, 5.74) is 1.28. The first-order valence-electron chi connectivity index (χ1n) is 5.54. The fourth-order valence-corrected chi connectivity index (χ4v) is 2.08. The molecule has 19 heavy (non-hydrogen) atoms. The molecule has 0 aliphatic carbocycles. The van der Waals surface area contributed by atoms with Gasteiger partial charge >= 0.3 is 0 Å². The third-order valence-corrected chi connectivity index (χ3v) is 3.03. The van der Waals surface area contributed by atoms with Crippen LogP contribution < -0.4 is 4.74 Å². The minimum absolute atomic E-state index is 0.339. The number of hydrogen-bond donors (Lipinski definition) is 0. The van der Waals surface area contributed by atoms with Gasteiger partial charge in [0.05, 0.1) is 19.0 Å². The first-order valence-corrected chi connectivity index (χ1v) is 5.91. The van der Waals surface area contributed by atoms with Crippen molar-refractivity contribution in [1.29, 1.82) is 0 Å². The lowest BCUT2D eigenvalue weighted by Gasteiger charge is -2.05. The van der Waals surface area contributed by atoms with Crippen molar-refractivity contribution in [3.05, 3.63) is 47.5 Å². The molecule has 3 aromatic rings. The van der Waals surface area contributed by atoms with Gasteiger partial charge in [0.25, 0.3) is 0 Å². The van der Waals surface area contributed by atoms with Crippen LogP contribution >= 0.6 is 11.6 Å². The third kappa shape index (κ3) is 1.92. The van der Waals surface area contributed by atoms with E-state index in [-0.39, 0.29) is 5.82 Å². The zero-order valence-electron chi connectivity index (χ0n) is 9.97. The molecule has 0 spiro atoms. The summed E-state index contributed by atoms with van der Waals surface area (Å²) >= 11 is 6.12. The molecule has 6 heteroatoms. The average Bonchev–Trinajstić information content (AvgIpc) is 2.82. The number of fused-ring (bicyclic) bond motifs is 1. The molecule has 1 aromatic carbocycles. The molecule has 0 unspecified atom stereocenters. The first-order chi connectivity index (χ1) is 9.20. The summed E-state index contributed by atoms with van der Waals surface area (Å²) in [5.74, 6) is 0.133. The van der Waals surface area contributed by atoms with Gasteiger partial charge in [-0.1, -0.05) is 23.7 Å². The average molecular weight is 278 g/mol. The molecular weight excluding hydrogens is 269 g/mol. The first kappa shape index (κ1) is 11.9. The topological polar surface area (TPSA) is 39.4 Å². The van der Waals surface area contributed by atoms with Crippen LogP contribution in [0.15, 0.2) is 36.5 Å². The van der Waals surface area contributed by atoms with Gasteiger partial charge in [0, 0.05) is 11.6 Å². The highest BCUT2D eigenvalue weighted by atomic mass is 35.5. The molecule has 0 aliphatic rings. The van der Waals surface area contributed by atoms with Gasteiger partial charge in [0.1, 0.15) is 11.0 Å². The smallest absolute Gasteiger partial charge is 0.199 e. The molecule has 4 nitrogen and oxygen atoms in total. The molecule has 0 saturated carbocycles. The van der Waals surface area contributed by atoms with Crippen LogP contribution in [0.25, 0.3) is 16.9 Å². The molecule has 2 heterocycles. The van der Waals surface area contributed by atoms with Crippen LogP contribution in [-0.4, -0.2) is 21.7 Å². The molecule has 0 N–H and O–H groups in total. The van der Waals surface area contributed by atoms with E-state index in [1.807, 2.05) is 0 Å². The van der Waals surface area contributed by atoms with Crippen molar-refractivity contribution in [1.82, 2.24) is 14.6 Å². The maximum absolute atomic E-state index is 13.8. The number of methoxy groups -OCH3 is 1. The maximum Gasteiger partial charge on any atom is 0.199 e. The van der Waals surface area contributed by atoms with Crippen LogP contribution in [0.5, 0.6) is 5.75 Å². The van der Waals surface area contributed by atoms with E-state index in [1.165, 1.54) is 23.9 Å². The number of halogens is 2. The molecule has 0 amide bonds. The van der Waals surface area contributed by atoms with Crippen molar-refractivity contribution < 1.29 is 9.13 Å². The molecule has 96 valence electrons. The van der Waals surface area contributed by atoms with E-state index in [0.29, 0.717) is 27.8 Å². The number of hydrogen-bond acceptors (Lipinski definition) is 3. The van der Waals surface area contributed by atoms with Crippen LogP contribution in [0.4, 0.5) is 4.39 Å². The normalized spacial score (nSPS) is 10.9. The van der Waals surface area contributed by atoms with Crippen molar-refractivity contribution in [3.63, 3.8) is 0 Å². The molecule has 0 saturated heterocycles. The quantitative estimate of drug-likeness (QED) is 0.675. The van der Waals surface area contributed by atoms with Crippen molar-refractivity contribution in [2.75, 3.05) is 7.11 Å². The van der Waals surface area contributed by atoms with E-state index in [0.717, 1.165) is 0 Å². The van der Waals surface area contributed by atoms with Crippen LogP contribution in [-0.2, 0) is 0 Å². The minimum Gasteiger partial charge on any atom is -0.491 e. The van der Waals surface area contributed by atoms with Gasteiger partial charge < -0.3 is 4.74 Å². The Balaban J connectivity index is 2.28. The van der Waals surface area contributed by atoms with E-state index in [1.54, 1.807) is 24.3 Å². The molecular formula is C13H9ClFN3O. The summed E-state index contributed by atoms with van der Waals surface area (Å²) < 4.78 is 20.4. The lowest BCUT2D eigenvalue weighted by molar-refractivity contribution is 0.418. The van der Waals surface area contributed by atoms with Gasteiger partial charge in [-0.05, 0) is 12.1 Å². The Morgan fingerprint density at radius 2 is 2.11 bits per heavy atom. The largest absolute Gasteiger partial charge is 0.491 e. The summed E-state index contributed by atoms with van der Waals surface area (Å²) in [6.45, 7) is 0. The van der Waals surface area contributed by atoms with Crippen LogP contribution in [0.3, 0.4) is 0 Å². The van der Waals surface area contributed by atoms with Crippen molar-refractivity contribution in [3.8, 4) is 17.0 Å². The van der Waals surface area contributed by atoms with E-state index in [2.05, 4.69) is 10.1 Å². The standard InChI is InChI=1S/C13H9ClFN3O/c1-19-11-7-16-18-12(14)6-10(17-13(11)18)8-4-2-3-5-9(8)15/h2-7H,1H3. The molecule has 0 atom stereocenters. The van der Waals surface area contributed by atoms with Gasteiger partial charge in [0.15, 0.2) is 11.4 Å². The van der Waals surface area contributed by atoms with E-state index in [4.69, 9.17) is 16.3 Å². The Labute approximate surface area is 113 Å². The SMILES string of the molecule is COc1cnn2c(Cl)cc(-c3ccccc3F)nc12. The number of aromatic nitrogens is 3. The predicted octanol–water partition coefficient (Wildman–Crippen LogP) is 3.20. The zero-order valence-corrected chi connectivity index (χ0v) is 10.7. The fraction of sp³-hybridized carbons (Fsp3) is 0.0769. The van der Waals surface area contributed by atoms with Crippen molar-refractivity contribution in [2.45, 2.75) is 0 Å². The Hall–Kier alpha value is -2.14. The van der Waals surface area contributed by atoms with Crippen molar-refractivity contribution >= 4 is 17.2 Å². The van der Waals surface area contributed by atoms with Crippen LogP contribution in [0.1, 0.15) is 0 Å². The number of benzene rings is 1. The Bertz CT molecular complexity index is 757. The monoisotopic (exact) mass is 277 g/mol.